The molecule has 0 saturated heterocycles. The number of amides is 1. The van der Waals surface area contributed by atoms with Crippen molar-refractivity contribution in [3.05, 3.63) is 23.0 Å². The van der Waals surface area contributed by atoms with Gasteiger partial charge in [0.2, 0.25) is 0 Å². The van der Waals surface area contributed by atoms with Crippen LogP contribution in [0.15, 0.2) is 6.07 Å². The average molecular weight is 262 g/mol. The molecule has 0 radical (unpaired) electrons. The van der Waals surface area contributed by atoms with Crippen LogP contribution in [0.2, 0.25) is 0 Å². The first-order valence-corrected chi connectivity index (χ1v) is 5.09. The predicted molar refractivity (Wildman–Crippen MR) is 52.9 cm³/mol. The Morgan fingerprint density at radius 2 is 2.06 bits per heavy atom. The van der Waals surface area contributed by atoms with E-state index in [1.165, 1.54) is 6.07 Å². The molecule has 2 heterocycles. The Bertz CT molecular complexity index is 507. The van der Waals surface area contributed by atoms with Crippen LogP contribution in [0.25, 0.3) is 0 Å². The second kappa shape index (κ2) is 4.04. The number of H-pyrrole nitrogens is 1. The van der Waals surface area contributed by atoms with Crippen LogP contribution in [0.3, 0.4) is 0 Å². The average Bonchev–Trinajstić information content (AvgIpc) is 2.69. The summed E-state index contributed by atoms with van der Waals surface area (Å²) < 4.78 is 36.7. The van der Waals surface area contributed by atoms with Crippen molar-refractivity contribution >= 4 is 11.9 Å². The van der Waals surface area contributed by atoms with E-state index in [1.807, 2.05) is 0 Å². The van der Waals surface area contributed by atoms with E-state index in [2.05, 4.69) is 4.98 Å². The molecular formula is C10H9F3N2O3. The van der Waals surface area contributed by atoms with Gasteiger partial charge in [0.25, 0.3) is 0 Å². The van der Waals surface area contributed by atoms with Crippen LogP contribution in [-0.2, 0) is 17.8 Å². The molecule has 2 rings (SSSR count). The molecule has 0 aliphatic carbocycles. The lowest BCUT2D eigenvalue weighted by Gasteiger charge is -2.27. The van der Waals surface area contributed by atoms with E-state index >= 15 is 0 Å². The summed E-state index contributed by atoms with van der Waals surface area (Å²) in [5, 5.41) is 8.75. The van der Waals surface area contributed by atoms with Gasteiger partial charge in [-0.15, -0.1) is 0 Å². The number of aromatic carboxylic acids is 1. The second-order valence-corrected chi connectivity index (χ2v) is 3.97. The number of aromatic nitrogens is 1. The van der Waals surface area contributed by atoms with Gasteiger partial charge < -0.3 is 15.0 Å². The minimum absolute atomic E-state index is 0.0672. The molecule has 0 spiro atoms. The quantitative estimate of drug-likeness (QED) is 0.797. The number of carbonyl (C=O) groups is 2. The highest BCUT2D eigenvalue weighted by molar-refractivity contribution is 5.86. The first-order chi connectivity index (χ1) is 8.29. The standard InChI is InChI=1S/C10H9F3N2O3/c11-10(12,13)9(18)15-2-1-5-3-6(8(16)17)14-7(5)4-15/h3,14H,1-2,4H2,(H,16,17). The molecule has 18 heavy (non-hydrogen) atoms. The number of carboxylic acid groups (broad SMARTS) is 1. The van der Waals surface area contributed by atoms with Crippen molar-refractivity contribution in [3.63, 3.8) is 0 Å². The molecule has 1 aromatic rings. The molecule has 0 fully saturated rings. The van der Waals surface area contributed by atoms with Gasteiger partial charge in [-0.05, 0) is 18.1 Å². The predicted octanol–water partition coefficient (Wildman–Crippen LogP) is 1.16. The second-order valence-electron chi connectivity index (χ2n) is 3.97. The third kappa shape index (κ3) is 2.18. The molecular weight excluding hydrogens is 253 g/mol. The van der Waals surface area contributed by atoms with Crippen LogP contribution >= 0.6 is 0 Å². The summed E-state index contributed by atoms with van der Waals surface area (Å²) in [5.74, 6) is -3.09. The number of carboxylic acids is 1. The van der Waals surface area contributed by atoms with Gasteiger partial charge in [-0.3, -0.25) is 4.79 Å². The van der Waals surface area contributed by atoms with Gasteiger partial charge in [0.1, 0.15) is 5.69 Å². The van der Waals surface area contributed by atoms with Crippen LogP contribution in [0.4, 0.5) is 13.2 Å². The third-order valence-corrected chi connectivity index (χ3v) is 2.75. The summed E-state index contributed by atoms with van der Waals surface area (Å²) in [6, 6.07) is 1.38. The molecule has 98 valence electrons. The molecule has 0 bridgehead atoms. The molecule has 8 heteroatoms. The fraction of sp³-hybridized carbons (Fsp3) is 0.400. The van der Waals surface area contributed by atoms with Gasteiger partial charge >= 0.3 is 18.1 Å². The minimum Gasteiger partial charge on any atom is -0.477 e. The molecule has 0 aromatic carbocycles. The highest BCUT2D eigenvalue weighted by Crippen LogP contribution is 2.25. The van der Waals surface area contributed by atoms with Gasteiger partial charge in [0.05, 0.1) is 6.54 Å². The van der Waals surface area contributed by atoms with E-state index in [4.69, 9.17) is 5.11 Å². The van der Waals surface area contributed by atoms with Gasteiger partial charge in [-0.1, -0.05) is 0 Å². The maximum absolute atomic E-state index is 12.2. The normalized spacial score (nSPS) is 15.4. The number of alkyl halides is 3. The molecule has 1 aliphatic rings. The highest BCUT2D eigenvalue weighted by atomic mass is 19.4. The zero-order valence-electron chi connectivity index (χ0n) is 9.04. The van der Waals surface area contributed by atoms with Crippen molar-refractivity contribution in [2.45, 2.75) is 19.1 Å². The number of halogens is 3. The van der Waals surface area contributed by atoms with Crippen molar-refractivity contribution < 1.29 is 27.9 Å². The molecule has 0 unspecified atom stereocenters. The maximum Gasteiger partial charge on any atom is 0.471 e. The lowest BCUT2D eigenvalue weighted by atomic mass is 10.1. The maximum atomic E-state index is 12.2. The molecule has 5 nitrogen and oxygen atoms in total. The monoisotopic (exact) mass is 262 g/mol. The summed E-state index contributed by atoms with van der Waals surface area (Å²) >= 11 is 0. The van der Waals surface area contributed by atoms with E-state index in [0.29, 0.717) is 16.2 Å². The molecule has 2 N–H and O–H groups in total. The fourth-order valence-electron chi connectivity index (χ4n) is 1.90. The summed E-state index contributed by atoms with van der Waals surface area (Å²) in [7, 11) is 0. The Morgan fingerprint density at radius 1 is 1.39 bits per heavy atom. The highest BCUT2D eigenvalue weighted by Gasteiger charge is 2.43. The fourth-order valence-corrected chi connectivity index (χ4v) is 1.90. The van der Waals surface area contributed by atoms with Crippen LogP contribution in [0, 0.1) is 0 Å². The number of carbonyl (C=O) groups excluding carboxylic acids is 1. The summed E-state index contributed by atoms with van der Waals surface area (Å²) in [4.78, 5) is 24.9. The number of nitrogens with zero attached hydrogens (tertiary/aromatic N) is 1. The largest absolute Gasteiger partial charge is 0.477 e. The van der Waals surface area contributed by atoms with Gasteiger partial charge in [0.15, 0.2) is 0 Å². The number of hydrogen-bond acceptors (Lipinski definition) is 2. The lowest BCUT2D eigenvalue weighted by Crippen LogP contribution is -2.43. The molecule has 0 atom stereocenters. The van der Waals surface area contributed by atoms with Crippen LogP contribution in [0.5, 0.6) is 0 Å². The number of rotatable bonds is 1. The first kappa shape index (κ1) is 12.5. The van der Waals surface area contributed by atoms with Gasteiger partial charge in [-0.2, -0.15) is 13.2 Å². The number of nitrogens with one attached hydrogen (secondary N) is 1. The topological polar surface area (TPSA) is 73.4 Å². The Hall–Kier alpha value is -1.99. The molecule has 1 amide bonds. The summed E-state index contributed by atoms with van der Waals surface area (Å²) in [6.45, 7) is -0.316. The van der Waals surface area contributed by atoms with E-state index in [0.717, 1.165) is 0 Å². The zero-order chi connectivity index (χ0) is 13.5. The smallest absolute Gasteiger partial charge is 0.471 e. The van der Waals surface area contributed by atoms with Crippen molar-refractivity contribution in [1.82, 2.24) is 9.88 Å². The van der Waals surface area contributed by atoms with Crippen LogP contribution in [0.1, 0.15) is 21.7 Å². The van der Waals surface area contributed by atoms with E-state index < -0.39 is 18.1 Å². The van der Waals surface area contributed by atoms with E-state index in [1.54, 1.807) is 0 Å². The minimum atomic E-state index is -4.90. The SMILES string of the molecule is O=C(O)c1cc2c([nH]1)CN(C(=O)C(F)(F)F)CC2. The molecule has 1 aliphatic heterocycles. The lowest BCUT2D eigenvalue weighted by molar-refractivity contribution is -0.186. The van der Waals surface area contributed by atoms with Crippen LogP contribution < -0.4 is 0 Å². The Morgan fingerprint density at radius 3 is 2.61 bits per heavy atom. The Labute approximate surface area is 99.2 Å². The van der Waals surface area contributed by atoms with Crippen molar-refractivity contribution in [2.75, 3.05) is 6.54 Å². The van der Waals surface area contributed by atoms with Crippen molar-refractivity contribution in [2.24, 2.45) is 0 Å². The molecule has 0 saturated carbocycles. The van der Waals surface area contributed by atoms with Crippen LogP contribution in [-0.4, -0.2) is 39.6 Å². The Kier molecular flexibility index (Phi) is 2.80. The molecule has 1 aromatic heterocycles. The van der Waals surface area contributed by atoms with Crippen molar-refractivity contribution in [1.29, 1.82) is 0 Å². The Balaban J connectivity index is 2.20. The number of hydrogen-bond donors (Lipinski definition) is 2. The zero-order valence-corrected chi connectivity index (χ0v) is 9.04. The first-order valence-electron chi connectivity index (χ1n) is 5.09. The van der Waals surface area contributed by atoms with Crippen molar-refractivity contribution in [3.8, 4) is 0 Å². The van der Waals surface area contributed by atoms with Gasteiger partial charge in [-0.25, -0.2) is 4.79 Å². The summed E-state index contributed by atoms with van der Waals surface area (Å²) in [6.07, 6.45) is -4.69. The summed E-state index contributed by atoms with van der Waals surface area (Å²) in [5.41, 5.74) is 0.899. The van der Waals surface area contributed by atoms with E-state index in [-0.39, 0.29) is 25.2 Å². The van der Waals surface area contributed by atoms with E-state index in [9.17, 15) is 22.8 Å². The third-order valence-electron chi connectivity index (χ3n) is 2.75. The number of fused-ring (bicyclic) bond motifs is 1. The van der Waals surface area contributed by atoms with Gasteiger partial charge in [0, 0.05) is 12.2 Å². The number of aromatic amines is 1.